The maximum atomic E-state index is 11.3. The van der Waals surface area contributed by atoms with E-state index >= 15 is 0 Å². The van der Waals surface area contributed by atoms with Gasteiger partial charge in [-0.15, -0.1) is 0 Å². The lowest BCUT2D eigenvalue weighted by Gasteiger charge is -2.24. The molecule has 0 aromatic carbocycles. The van der Waals surface area contributed by atoms with E-state index in [0.29, 0.717) is 11.8 Å². The van der Waals surface area contributed by atoms with Crippen molar-refractivity contribution in [2.24, 2.45) is 5.92 Å². The average Bonchev–Trinajstić information content (AvgIpc) is 2.93. The molecule has 1 fully saturated rings. The zero-order valence-corrected chi connectivity index (χ0v) is 10.6. The molecule has 2 N–H and O–H groups in total. The number of aromatic nitrogens is 2. The molecule has 1 saturated heterocycles. The lowest BCUT2D eigenvalue weighted by atomic mass is 9.98. The van der Waals surface area contributed by atoms with Crippen LogP contribution in [0.25, 0.3) is 0 Å². The van der Waals surface area contributed by atoms with Crippen molar-refractivity contribution < 1.29 is 9.90 Å². The van der Waals surface area contributed by atoms with Gasteiger partial charge in [0.15, 0.2) is 5.69 Å². The summed E-state index contributed by atoms with van der Waals surface area (Å²) < 4.78 is 2.18. The number of nitrogens with zero attached hydrogens (tertiary/aromatic N) is 2. The summed E-state index contributed by atoms with van der Waals surface area (Å²) in [5.41, 5.74) is 1.21. The van der Waals surface area contributed by atoms with Gasteiger partial charge in [-0.05, 0) is 31.7 Å². The zero-order valence-electron chi connectivity index (χ0n) is 10.6. The molecule has 0 saturated carbocycles. The van der Waals surface area contributed by atoms with Crippen molar-refractivity contribution in [1.29, 1.82) is 0 Å². The fourth-order valence-corrected chi connectivity index (χ4v) is 3.11. The zero-order chi connectivity index (χ0) is 12.7. The SMILES string of the molecule is CC1CCc2c(C(=O)O)nc(C3CCNC3)n2C1. The summed E-state index contributed by atoms with van der Waals surface area (Å²) in [6.07, 6.45) is 2.97. The van der Waals surface area contributed by atoms with Gasteiger partial charge in [0, 0.05) is 19.0 Å². The van der Waals surface area contributed by atoms with Crippen LogP contribution in [0.3, 0.4) is 0 Å². The summed E-state index contributed by atoms with van der Waals surface area (Å²) >= 11 is 0. The Bertz CT molecular complexity index is 475. The number of carboxylic acid groups (broad SMARTS) is 1. The second-order valence-corrected chi connectivity index (χ2v) is 5.51. The molecule has 2 unspecified atom stereocenters. The molecule has 5 nitrogen and oxygen atoms in total. The van der Waals surface area contributed by atoms with Crippen LogP contribution in [0.1, 0.15) is 47.7 Å². The van der Waals surface area contributed by atoms with Gasteiger partial charge >= 0.3 is 5.97 Å². The summed E-state index contributed by atoms with van der Waals surface area (Å²) in [5, 5.41) is 12.6. The van der Waals surface area contributed by atoms with Crippen LogP contribution in [0.2, 0.25) is 0 Å². The lowest BCUT2D eigenvalue weighted by molar-refractivity contribution is 0.0689. The standard InChI is InChI=1S/C13H19N3O2/c1-8-2-3-10-11(13(17)18)15-12(16(10)7-8)9-4-5-14-6-9/h8-9,14H,2-7H2,1H3,(H,17,18). The Morgan fingerprint density at radius 2 is 2.33 bits per heavy atom. The highest BCUT2D eigenvalue weighted by molar-refractivity contribution is 5.87. The van der Waals surface area contributed by atoms with Crippen LogP contribution in [0, 0.1) is 5.92 Å². The largest absolute Gasteiger partial charge is 0.476 e. The molecule has 2 aliphatic heterocycles. The van der Waals surface area contributed by atoms with Gasteiger partial charge in [0.2, 0.25) is 0 Å². The molecule has 0 amide bonds. The third kappa shape index (κ3) is 1.82. The molecule has 2 aliphatic rings. The van der Waals surface area contributed by atoms with Gasteiger partial charge in [0.25, 0.3) is 0 Å². The predicted molar refractivity (Wildman–Crippen MR) is 66.9 cm³/mol. The van der Waals surface area contributed by atoms with E-state index in [2.05, 4.69) is 21.8 Å². The minimum atomic E-state index is -0.884. The molecule has 2 atom stereocenters. The fourth-order valence-electron chi connectivity index (χ4n) is 3.11. The molecule has 3 rings (SSSR count). The van der Waals surface area contributed by atoms with Gasteiger partial charge < -0.3 is 15.0 Å². The molecule has 0 radical (unpaired) electrons. The lowest BCUT2D eigenvalue weighted by Crippen LogP contribution is -2.22. The summed E-state index contributed by atoms with van der Waals surface area (Å²) in [5.74, 6) is 1.09. The minimum Gasteiger partial charge on any atom is -0.476 e. The van der Waals surface area contributed by atoms with Gasteiger partial charge in [0.05, 0.1) is 5.69 Å². The second kappa shape index (κ2) is 4.39. The van der Waals surface area contributed by atoms with E-state index in [1.54, 1.807) is 0 Å². The first kappa shape index (κ1) is 11.7. The van der Waals surface area contributed by atoms with E-state index in [-0.39, 0.29) is 5.69 Å². The number of hydrogen-bond donors (Lipinski definition) is 2. The van der Waals surface area contributed by atoms with Crippen molar-refractivity contribution in [1.82, 2.24) is 14.9 Å². The highest BCUT2D eigenvalue weighted by Gasteiger charge is 2.30. The van der Waals surface area contributed by atoms with Crippen LogP contribution in [0.15, 0.2) is 0 Å². The van der Waals surface area contributed by atoms with Crippen LogP contribution in [-0.2, 0) is 13.0 Å². The first-order valence-corrected chi connectivity index (χ1v) is 6.70. The summed E-state index contributed by atoms with van der Waals surface area (Å²) in [7, 11) is 0. The second-order valence-electron chi connectivity index (χ2n) is 5.51. The van der Waals surface area contributed by atoms with E-state index in [9.17, 15) is 9.90 Å². The van der Waals surface area contributed by atoms with Crippen molar-refractivity contribution in [2.45, 2.75) is 38.6 Å². The number of nitrogens with one attached hydrogen (secondary N) is 1. The molecule has 0 bridgehead atoms. The summed E-state index contributed by atoms with van der Waals surface area (Å²) in [4.78, 5) is 15.7. The highest BCUT2D eigenvalue weighted by Crippen LogP contribution is 2.30. The van der Waals surface area contributed by atoms with Gasteiger partial charge in [0.1, 0.15) is 5.82 Å². The van der Waals surface area contributed by atoms with Gasteiger partial charge in [-0.2, -0.15) is 0 Å². The number of carboxylic acids is 1. The van der Waals surface area contributed by atoms with Crippen molar-refractivity contribution in [3.8, 4) is 0 Å². The van der Waals surface area contributed by atoms with Crippen molar-refractivity contribution >= 4 is 5.97 Å². The van der Waals surface area contributed by atoms with Crippen molar-refractivity contribution in [3.63, 3.8) is 0 Å². The van der Waals surface area contributed by atoms with Crippen LogP contribution in [-0.4, -0.2) is 33.7 Å². The number of rotatable bonds is 2. The molecule has 98 valence electrons. The van der Waals surface area contributed by atoms with Crippen molar-refractivity contribution in [3.05, 3.63) is 17.2 Å². The quantitative estimate of drug-likeness (QED) is 0.827. The number of hydrogen-bond acceptors (Lipinski definition) is 3. The molecule has 5 heteroatoms. The topological polar surface area (TPSA) is 67.2 Å². The number of fused-ring (bicyclic) bond motifs is 1. The van der Waals surface area contributed by atoms with E-state index in [1.807, 2.05) is 0 Å². The van der Waals surface area contributed by atoms with Crippen LogP contribution < -0.4 is 5.32 Å². The molecule has 0 aliphatic carbocycles. The van der Waals surface area contributed by atoms with E-state index < -0.39 is 5.97 Å². The van der Waals surface area contributed by atoms with E-state index in [1.165, 1.54) is 0 Å². The Kier molecular flexibility index (Phi) is 2.86. The molecular formula is C13H19N3O2. The maximum absolute atomic E-state index is 11.3. The highest BCUT2D eigenvalue weighted by atomic mass is 16.4. The number of imidazole rings is 1. The van der Waals surface area contributed by atoms with Crippen LogP contribution >= 0.6 is 0 Å². The van der Waals surface area contributed by atoms with Gasteiger partial charge in [-0.25, -0.2) is 9.78 Å². The summed E-state index contributed by atoms with van der Waals surface area (Å²) in [6, 6.07) is 0. The monoisotopic (exact) mass is 249 g/mol. The average molecular weight is 249 g/mol. The van der Waals surface area contributed by atoms with Crippen molar-refractivity contribution in [2.75, 3.05) is 13.1 Å². The van der Waals surface area contributed by atoms with E-state index in [0.717, 1.165) is 50.4 Å². The predicted octanol–water partition coefficient (Wildman–Crippen LogP) is 1.24. The Morgan fingerprint density at radius 3 is 3.00 bits per heavy atom. The van der Waals surface area contributed by atoms with Gasteiger partial charge in [-0.3, -0.25) is 0 Å². The molecule has 3 heterocycles. The Balaban J connectivity index is 2.05. The van der Waals surface area contributed by atoms with Gasteiger partial charge in [-0.1, -0.05) is 6.92 Å². The smallest absolute Gasteiger partial charge is 0.356 e. The van der Waals surface area contributed by atoms with Crippen LogP contribution in [0.4, 0.5) is 0 Å². The first-order chi connectivity index (χ1) is 8.66. The molecule has 1 aromatic heterocycles. The Labute approximate surface area is 106 Å². The van der Waals surface area contributed by atoms with E-state index in [4.69, 9.17) is 0 Å². The molecular weight excluding hydrogens is 230 g/mol. The third-order valence-corrected chi connectivity index (χ3v) is 4.10. The summed E-state index contributed by atoms with van der Waals surface area (Å²) in [6.45, 7) is 5.07. The third-order valence-electron chi connectivity index (χ3n) is 4.10. The fraction of sp³-hybridized carbons (Fsp3) is 0.692. The number of carbonyl (C=O) groups is 1. The Morgan fingerprint density at radius 1 is 1.50 bits per heavy atom. The van der Waals surface area contributed by atoms with Crippen LogP contribution in [0.5, 0.6) is 0 Å². The maximum Gasteiger partial charge on any atom is 0.356 e. The number of aromatic carboxylic acids is 1. The minimum absolute atomic E-state index is 0.281. The Hall–Kier alpha value is -1.36. The first-order valence-electron chi connectivity index (χ1n) is 6.70. The molecule has 18 heavy (non-hydrogen) atoms. The normalized spacial score (nSPS) is 27.2. The molecule has 0 spiro atoms. The molecule has 1 aromatic rings.